The normalized spacial score (nSPS) is 22.5. The Bertz CT molecular complexity index is 1050. The molecule has 0 saturated carbocycles. The molecule has 1 aliphatic heterocycles. The fourth-order valence-electron chi connectivity index (χ4n) is 5.50. The Morgan fingerprint density at radius 3 is 2.68 bits per heavy atom. The van der Waals surface area contributed by atoms with Gasteiger partial charge in [-0.25, -0.2) is 0 Å². The molecule has 0 unspecified atom stereocenters. The van der Waals surface area contributed by atoms with Gasteiger partial charge in [0, 0.05) is 30.0 Å². The third kappa shape index (κ3) is 5.30. The van der Waals surface area contributed by atoms with Crippen molar-refractivity contribution in [2.75, 3.05) is 13.1 Å². The summed E-state index contributed by atoms with van der Waals surface area (Å²) in [5.41, 5.74) is 3.90. The Morgan fingerprint density at radius 1 is 1.21 bits per heavy atom. The van der Waals surface area contributed by atoms with Gasteiger partial charge in [-0.05, 0) is 67.1 Å². The maximum absolute atomic E-state index is 13.6. The number of piperidine rings is 1. The van der Waals surface area contributed by atoms with Crippen LogP contribution >= 0.6 is 11.6 Å². The molecule has 6 heteroatoms. The van der Waals surface area contributed by atoms with Gasteiger partial charge in [0.05, 0.1) is 5.56 Å². The maximum atomic E-state index is 13.6. The number of amides is 2. The largest absolute Gasteiger partial charge is 0.340 e. The third-order valence-electron chi connectivity index (χ3n) is 7.45. The Kier molecular flexibility index (Phi) is 7.32. The topological polar surface area (TPSA) is 62.3 Å². The van der Waals surface area contributed by atoms with Gasteiger partial charge < -0.3 is 10.2 Å². The highest BCUT2D eigenvalue weighted by atomic mass is 35.5. The summed E-state index contributed by atoms with van der Waals surface area (Å²) in [5, 5.41) is 3.93. The van der Waals surface area contributed by atoms with Crippen LogP contribution in [-0.2, 0) is 11.2 Å². The predicted octanol–water partition coefficient (Wildman–Crippen LogP) is 5.51. The molecular formula is C28H36ClN3O2. The molecule has 1 N–H and O–H groups in total. The second-order valence-corrected chi connectivity index (χ2v) is 11.3. The third-order valence-corrected chi connectivity index (χ3v) is 7.76. The van der Waals surface area contributed by atoms with E-state index in [0.29, 0.717) is 24.6 Å². The van der Waals surface area contributed by atoms with E-state index in [2.05, 4.69) is 36.3 Å². The minimum Gasteiger partial charge on any atom is -0.340 e. The van der Waals surface area contributed by atoms with Crippen LogP contribution in [0.2, 0.25) is 0 Å². The highest BCUT2D eigenvalue weighted by Gasteiger charge is 2.41. The first kappa shape index (κ1) is 24.7. The van der Waals surface area contributed by atoms with E-state index < -0.39 is 6.04 Å². The summed E-state index contributed by atoms with van der Waals surface area (Å²) >= 11 is 6.16. The van der Waals surface area contributed by atoms with E-state index in [1.165, 1.54) is 5.57 Å². The summed E-state index contributed by atoms with van der Waals surface area (Å²) in [6.07, 6.45) is 14.6. The van der Waals surface area contributed by atoms with Gasteiger partial charge in [0.2, 0.25) is 5.91 Å². The number of fused-ring (bicyclic) bond motifs is 1. The lowest BCUT2D eigenvalue weighted by Crippen LogP contribution is -2.56. The van der Waals surface area contributed by atoms with Crippen molar-refractivity contribution >= 4 is 29.5 Å². The van der Waals surface area contributed by atoms with Crippen molar-refractivity contribution in [2.45, 2.75) is 65.8 Å². The van der Waals surface area contributed by atoms with Gasteiger partial charge in [0.25, 0.3) is 5.91 Å². The maximum Gasteiger partial charge on any atom is 0.253 e. The molecule has 2 aliphatic carbocycles. The van der Waals surface area contributed by atoms with Crippen LogP contribution in [0.15, 0.2) is 41.1 Å². The van der Waals surface area contributed by atoms with Crippen LogP contribution in [0, 0.1) is 17.3 Å². The molecule has 182 valence electrons. The number of carbonyl (C=O) groups excluding carboxylic acids is 2. The summed E-state index contributed by atoms with van der Waals surface area (Å²) in [6.45, 7) is 9.83. The van der Waals surface area contributed by atoms with Crippen LogP contribution in [0.4, 0.5) is 0 Å². The SMILES string of the molecule is CC(C)[C@@H](NC(=O)c1cnc2c(c1)C=CCC2)C(=O)N1CC[C@H](C2=CC=C(Cl)CC2)C(C)(C)C1. The fraction of sp³-hybridized carbons (Fsp3) is 0.536. The van der Waals surface area contributed by atoms with Crippen LogP contribution in [0.3, 0.4) is 0 Å². The Labute approximate surface area is 208 Å². The zero-order valence-corrected chi connectivity index (χ0v) is 21.5. The first-order chi connectivity index (χ1) is 16.2. The van der Waals surface area contributed by atoms with E-state index in [1.807, 2.05) is 37.0 Å². The number of nitrogens with zero attached hydrogens (tertiary/aromatic N) is 2. The molecule has 1 fully saturated rings. The molecule has 4 rings (SSSR count). The number of aryl methyl sites for hydroxylation is 1. The summed E-state index contributed by atoms with van der Waals surface area (Å²) < 4.78 is 0. The lowest BCUT2D eigenvalue weighted by atomic mass is 9.68. The van der Waals surface area contributed by atoms with Crippen LogP contribution in [0.25, 0.3) is 6.08 Å². The molecular weight excluding hydrogens is 446 g/mol. The Balaban J connectivity index is 1.45. The number of hydrogen-bond donors (Lipinski definition) is 1. The van der Waals surface area contributed by atoms with Crippen molar-refractivity contribution in [1.29, 1.82) is 0 Å². The molecule has 2 heterocycles. The molecule has 0 bridgehead atoms. The monoisotopic (exact) mass is 481 g/mol. The van der Waals surface area contributed by atoms with Crippen molar-refractivity contribution in [3.8, 4) is 0 Å². The second-order valence-electron chi connectivity index (χ2n) is 10.8. The first-order valence-corrected chi connectivity index (χ1v) is 12.8. The lowest BCUT2D eigenvalue weighted by molar-refractivity contribution is -0.138. The van der Waals surface area contributed by atoms with Crippen molar-refractivity contribution < 1.29 is 9.59 Å². The van der Waals surface area contributed by atoms with E-state index in [0.717, 1.165) is 48.4 Å². The molecule has 3 aliphatic rings. The smallest absolute Gasteiger partial charge is 0.253 e. The number of rotatable bonds is 5. The van der Waals surface area contributed by atoms with Gasteiger partial charge in [0.15, 0.2) is 0 Å². The van der Waals surface area contributed by atoms with Crippen LogP contribution in [0.1, 0.15) is 75.0 Å². The zero-order chi connectivity index (χ0) is 24.5. The molecule has 1 saturated heterocycles. The van der Waals surface area contributed by atoms with Crippen molar-refractivity contribution in [1.82, 2.24) is 15.2 Å². The molecule has 1 aromatic rings. The van der Waals surface area contributed by atoms with Crippen LogP contribution in [-0.4, -0.2) is 40.8 Å². The van der Waals surface area contributed by atoms with Crippen molar-refractivity contribution in [2.24, 2.45) is 17.3 Å². The van der Waals surface area contributed by atoms with Gasteiger partial charge in [-0.3, -0.25) is 14.6 Å². The van der Waals surface area contributed by atoms with Gasteiger partial charge in [-0.15, -0.1) is 0 Å². The lowest BCUT2D eigenvalue weighted by Gasteiger charge is -2.46. The van der Waals surface area contributed by atoms with E-state index in [1.54, 1.807) is 6.20 Å². The van der Waals surface area contributed by atoms with E-state index in [-0.39, 0.29) is 23.1 Å². The summed E-state index contributed by atoms with van der Waals surface area (Å²) in [7, 11) is 0. The van der Waals surface area contributed by atoms with Gasteiger partial charge in [-0.2, -0.15) is 0 Å². The van der Waals surface area contributed by atoms with Gasteiger partial charge >= 0.3 is 0 Å². The highest BCUT2D eigenvalue weighted by molar-refractivity contribution is 6.29. The van der Waals surface area contributed by atoms with E-state index in [4.69, 9.17) is 11.6 Å². The molecule has 0 aromatic carbocycles. The molecule has 5 nitrogen and oxygen atoms in total. The quantitative estimate of drug-likeness (QED) is 0.602. The van der Waals surface area contributed by atoms with Gasteiger partial charge in [0.1, 0.15) is 6.04 Å². The number of aromatic nitrogens is 1. The number of nitrogens with one attached hydrogen (secondary N) is 1. The second kappa shape index (κ2) is 10.1. The van der Waals surface area contributed by atoms with Gasteiger partial charge in [-0.1, -0.05) is 63.1 Å². The first-order valence-electron chi connectivity index (χ1n) is 12.5. The Morgan fingerprint density at radius 2 is 2.00 bits per heavy atom. The molecule has 0 spiro atoms. The average Bonchev–Trinajstić information content (AvgIpc) is 2.81. The number of halogens is 1. The van der Waals surface area contributed by atoms with Crippen LogP contribution in [0.5, 0.6) is 0 Å². The Hall–Kier alpha value is -2.40. The number of allylic oxidation sites excluding steroid dienone is 5. The van der Waals surface area contributed by atoms with Crippen molar-refractivity contribution in [3.63, 3.8) is 0 Å². The summed E-state index contributed by atoms with van der Waals surface area (Å²) in [6, 6.07) is 1.31. The van der Waals surface area contributed by atoms with Crippen molar-refractivity contribution in [3.05, 3.63) is 57.9 Å². The number of hydrogen-bond acceptors (Lipinski definition) is 3. The summed E-state index contributed by atoms with van der Waals surface area (Å²) in [4.78, 5) is 33.1. The average molecular weight is 482 g/mol. The van der Waals surface area contributed by atoms with E-state index >= 15 is 0 Å². The minimum absolute atomic E-state index is 0.00116. The zero-order valence-electron chi connectivity index (χ0n) is 20.7. The fourth-order valence-corrected chi connectivity index (χ4v) is 5.66. The molecule has 1 aromatic heterocycles. The molecule has 0 radical (unpaired) electrons. The highest BCUT2D eigenvalue weighted by Crippen LogP contribution is 2.43. The number of pyridine rings is 1. The van der Waals surface area contributed by atoms with Crippen LogP contribution < -0.4 is 5.32 Å². The molecule has 2 amide bonds. The molecule has 34 heavy (non-hydrogen) atoms. The van der Waals surface area contributed by atoms with E-state index in [9.17, 15) is 9.59 Å². The molecule has 2 atom stereocenters. The summed E-state index contributed by atoms with van der Waals surface area (Å²) in [5.74, 6) is 0.170. The predicted molar refractivity (Wildman–Crippen MR) is 137 cm³/mol. The standard InChI is InChI=1S/C28H36ClN3O2/c1-18(2)25(31-26(33)21-15-20-7-5-6-8-24(20)30-16-21)27(34)32-14-13-23(28(3,4)17-32)19-9-11-22(29)12-10-19/h5,7,9,11,15-16,18,23,25H,6,8,10,12-14,17H2,1-4H3,(H,31,33)/t23-,25-/m1/s1. The number of likely N-dealkylation sites (tertiary alicyclic amines) is 1. The minimum atomic E-state index is -0.568. The number of carbonyl (C=O) groups is 2.